The number of nitrogens with zero attached hydrogens (tertiary/aromatic N) is 1. The molecule has 0 bridgehead atoms. The largest absolute Gasteiger partial charge is 0.388 e. The summed E-state index contributed by atoms with van der Waals surface area (Å²) in [6.07, 6.45) is 1.75. The van der Waals surface area contributed by atoms with Gasteiger partial charge in [-0.1, -0.05) is 0 Å². The van der Waals surface area contributed by atoms with Gasteiger partial charge in [-0.15, -0.1) is 0 Å². The summed E-state index contributed by atoms with van der Waals surface area (Å²) < 4.78 is 29.2. The lowest BCUT2D eigenvalue weighted by molar-refractivity contribution is -0.157. The van der Waals surface area contributed by atoms with Crippen LogP contribution in [0.4, 0.5) is 8.78 Å². The number of hydrogen-bond donors (Lipinski definition) is 2. The lowest BCUT2D eigenvalue weighted by Crippen LogP contribution is -2.59. The Hall–Kier alpha value is -0.590. The van der Waals surface area contributed by atoms with Crippen molar-refractivity contribution in [3.63, 3.8) is 0 Å². The Morgan fingerprint density at radius 3 is 2.56 bits per heavy atom. The highest BCUT2D eigenvalue weighted by molar-refractivity contribution is 7.05. The number of halogens is 2. The Morgan fingerprint density at radius 1 is 1.50 bits per heavy atom. The summed E-state index contributed by atoms with van der Waals surface area (Å²) in [6.45, 7) is -1.50. The number of nitrogens with two attached hydrogens (primary N) is 1. The molecule has 16 heavy (non-hydrogen) atoms. The van der Waals surface area contributed by atoms with Gasteiger partial charge in [0.15, 0.2) is 0 Å². The van der Waals surface area contributed by atoms with Gasteiger partial charge in [0.05, 0.1) is 25.0 Å². The van der Waals surface area contributed by atoms with E-state index < -0.39 is 30.4 Å². The molecule has 1 aromatic rings. The summed E-state index contributed by atoms with van der Waals surface area (Å²) >= 11 is 1.20. The van der Waals surface area contributed by atoms with E-state index in [0.717, 1.165) is 4.88 Å². The van der Waals surface area contributed by atoms with E-state index in [9.17, 15) is 13.9 Å². The quantitative estimate of drug-likeness (QED) is 0.850. The maximum atomic E-state index is 12.6. The summed E-state index contributed by atoms with van der Waals surface area (Å²) in [5.41, 5.74) is 3.68. The Labute approximate surface area is 96.4 Å². The van der Waals surface area contributed by atoms with Crippen LogP contribution in [0.2, 0.25) is 0 Å². The van der Waals surface area contributed by atoms with Crippen molar-refractivity contribution in [1.29, 1.82) is 0 Å². The molecule has 1 saturated carbocycles. The number of aliphatic hydroxyl groups is 1. The van der Waals surface area contributed by atoms with Crippen LogP contribution in [0.25, 0.3) is 0 Å². The van der Waals surface area contributed by atoms with Crippen LogP contribution in [-0.2, 0) is 0 Å². The van der Waals surface area contributed by atoms with Gasteiger partial charge in [-0.05, 0) is 30.4 Å². The first-order chi connectivity index (χ1) is 7.55. The molecule has 1 heterocycles. The first kappa shape index (κ1) is 11.9. The topological polar surface area (TPSA) is 59.1 Å². The van der Waals surface area contributed by atoms with E-state index in [0.29, 0.717) is 0 Å². The van der Waals surface area contributed by atoms with Gasteiger partial charge >= 0.3 is 0 Å². The molecule has 90 valence electrons. The van der Waals surface area contributed by atoms with E-state index in [2.05, 4.69) is 4.37 Å². The van der Waals surface area contributed by atoms with Crippen LogP contribution in [0.15, 0.2) is 12.3 Å². The van der Waals surface area contributed by atoms with Gasteiger partial charge < -0.3 is 10.8 Å². The molecule has 1 fully saturated rings. The first-order valence-electron chi connectivity index (χ1n) is 5.06. The molecule has 0 aliphatic heterocycles. The van der Waals surface area contributed by atoms with Crippen molar-refractivity contribution >= 4 is 11.5 Å². The van der Waals surface area contributed by atoms with E-state index in [-0.39, 0.29) is 12.8 Å². The molecule has 1 unspecified atom stereocenters. The van der Waals surface area contributed by atoms with E-state index in [1.165, 1.54) is 11.5 Å². The Balaban J connectivity index is 2.07. The first-order valence-corrected chi connectivity index (χ1v) is 5.83. The SMILES string of the molecule is NC(c1ccns1)C1(O)CC(CF)(CF)C1. The molecule has 0 aromatic carbocycles. The third kappa shape index (κ3) is 1.74. The lowest BCUT2D eigenvalue weighted by atomic mass is 9.57. The number of aromatic nitrogens is 1. The Morgan fingerprint density at radius 2 is 2.12 bits per heavy atom. The van der Waals surface area contributed by atoms with Crippen molar-refractivity contribution in [2.24, 2.45) is 11.1 Å². The van der Waals surface area contributed by atoms with Gasteiger partial charge in [-0.2, -0.15) is 0 Å². The smallest absolute Gasteiger partial charge is 0.0977 e. The fourth-order valence-electron chi connectivity index (χ4n) is 2.34. The van der Waals surface area contributed by atoms with Crippen LogP contribution in [0, 0.1) is 5.41 Å². The Kier molecular flexibility index (Phi) is 2.98. The predicted octanol–water partition coefficient (Wildman–Crippen LogP) is 1.59. The van der Waals surface area contributed by atoms with E-state index in [1.807, 2.05) is 0 Å². The second-order valence-corrected chi connectivity index (χ2v) is 5.48. The van der Waals surface area contributed by atoms with Gasteiger partial charge in [0, 0.05) is 16.5 Å². The molecule has 0 amide bonds. The normalized spacial score (nSPS) is 23.8. The van der Waals surface area contributed by atoms with Crippen molar-refractivity contribution < 1.29 is 13.9 Å². The monoisotopic (exact) mass is 248 g/mol. The molecule has 2 rings (SSSR count). The number of hydrogen-bond acceptors (Lipinski definition) is 4. The second kappa shape index (κ2) is 4.01. The summed E-state index contributed by atoms with van der Waals surface area (Å²) in [4.78, 5) is 0.744. The number of alkyl halides is 2. The third-order valence-corrected chi connectivity index (χ3v) is 4.10. The highest BCUT2D eigenvalue weighted by Gasteiger charge is 2.57. The van der Waals surface area contributed by atoms with Crippen molar-refractivity contribution in [2.45, 2.75) is 24.5 Å². The minimum absolute atomic E-state index is 0.0755. The molecular weight excluding hydrogens is 234 g/mol. The fourth-order valence-corrected chi connectivity index (χ4v) is 3.04. The molecule has 1 aliphatic rings. The third-order valence-electron chi connectivity index (χ3n) is 3.27. The van der Waals surface area contributed by atoms with E-state index in [4.69, 9.17) is 5.73 Å². The minimum atomic E-state index is -1.19. The van der Waals surface area contributed by atoms with Crippen LogP contribution in [-0.4, -0.2) is 28.4 Å². The molecule has 1 aliphatic carbocycles. The molecule has 3 N–H and O–H groups in total. The minimum Gasteiger partial charge on any atom is -0.388 e. The highest BCUT2D eigenvalue weighted by Crippen LogP contribution is 2.54. The van der Waals surface area contributed by atoms with Crippen molar-refractivity contribution in [2.75, 3.05) is 13.3 Å². The standard InChI is InChI=1S/C10H14F2N2OS/c11-5-9(6-12)3-10(15,4-9)8(13)7-1-2-14-16-7/h1-2,8,15H,3-6,13H2. The summed E-state index contributed by atoms with van der Waals surface area (Å²) in [5.74, 6) is 0. The van der Waals surface area contributed by atoms with Crippen molar-refractivity contribution in [3.05, 3.63) is 17.1 Å². The summed E-state index contributed by atoms with van der Waals surface area (Å²) in [6, 6.07) is 1.12. The van der Waals surface area contributed by atoms with E-state index >= 15 is 0 Å². The van der Waals surface area contributed by atoms with Gasteiger partial charge in [0.2, 0.25) is 0 Å². The zero-order chi connectivity index (χ0) is 11.8. The van der Waals surface area contributed by atoms with Crippen LogP contribution in [0.5, 0.6) is 0 Å². The van der Waals surface area contributed by atoms with Crippen molar-refractivity contribution in [1.82, 2.24) is 4.37 Å². The average Bonchev–Trinajstić information content (AvgIpc) is 2.76. The van der Waals surface area contributed by atoms with Gasteiger partial charge in [-0.25, -0.2) is 4.37 Å². The van der Waals surface area contributed by atoms with Crippen LogP contribution in [0.1, 0.15) is 23.8 Å². The highest BCUT2D eigenvalue weighted by atomic mass is 32.1. The maximum absolute atomic E-state index is 12.6. The number of rotatable bonds is 4. The molecule has 1 aromatic heterocycles. The molecule has 0 spiro atoms. The van der Waals surface area contributed by atoms with Crippen LogP contribution in [0.3, 0.4) is 0 Å². The molecule has 0 saturated heterocycles. The van der Waals surface area contributed by atoms with Gasteiger partial charge in [0.1, 0.15) is 0 Å². The molecule has 3 nitrogen and oxygen atoms in total. The average molecular weight is 248 g/mol. The summed E-state index contributed by atoms with van der Waals surface area (Å²) in [7, 11) is 0. The second-order valence-electron chi connectivity index (χ2n) is 4.62. The van der Waals surface area contributed by atoms with Crippen molar-refractivity contribution in [3.8, 4) is 0 Å². The molecule has 6 heteroatoms. The maximum Gasteiger partial charge on any atom is 0.0977 e. The van der Waals surface area contributed by atoms with Gasteiger partial charge in [-0.3, -0.25) is 8.78 Å². The molecule has 1 atom stereocenters. The summed E-state index contributed by atoms with van der Waals surface area (Å²) in [5, 5.41) is 10.2. The Bertz CT molecular complexity index is 346. The zero-order valence-electron chi connectivity index (χ0n) is 8.70. The lowest BCUT2D eigenvalue weighted by Gasteiger charge is -2.53. The van der Waals surface area contributed by atoms with Crippen LogP contribution >= 0.6 is 11.5 Å². The predicted molar refractivity (Wildman–Crippen MR) is 57.6 cm³/mol. The van der Waals surface area contributed by atoms with E-state index in [1.54, 1.807) is 12.3 Å². The molecular formula is C10H14F2N2OS. The fraction of sp³-hybridized carbons (Fsp3) is 0.700. The molecule has 0 radical (unpaired) electrons. The van der Waals surface area contributed by atoms with Crippen LogP contribution < -0.4 is 5.73 Å². The van der Waals surface area contributed by atoms with Gasteiger partial charge in [0.25, 0.3) is 0 Å². The zero-order valence-corrected chi connectivity index (χ0v) is 9.51.